The maximum absolute atomic E-state index is 15.3. The number of hydrogen-bond acceptors (Lipinski definition) is 8. The number of carbonyl (C=O) groups excluding carboxylic acids is 1. The van der Waals surface area contributed by atoms with Crippen LogP contribution in [0.3, 0.4) is 0 Å². The standard InChI is InChI=1S/C32H31F6N3O6/c1-31(23-12-20(8-11-24(23)33)39-29(42)32(36,37)38)15-27(28(34)35)47-30(40-31)41(16-18-6-9-21(43-2)13-25(18)45-4)17-19-7-10-22(44-3)14-26(19)46-5/h6-15,28H,16-17H2,1-5H3,(H,39,42)/t31-/m0/s1. The molecule has 3 aromatic carbocycles. The summed E-state index contributed by atoms with van der Waals surface area (Å²) in [6.45, 7) is 1.20. The van der Waals surface area contributed by atoms with E-state index < -0.39 is 46.9 Å². The molecule has 1 atom stereocenters. The lowest BCUT2D eigenvalue weighted by atomic mass is 9.90. The number of amidine groups is 1. The number of alkyl halides is 5. The van der Waals surface area contributed by atoms with Gasteiger partial charge in [-0.1, -0.05) is 0 Å². The molecule has 1 heterocycles. The van der Waals surface area contributed by atoms with Gasteiger partial charge < -0.3 is 33.9 Å². The second-order valence-corrected chi connectivity index (χ2v) is 10.3. The van der Waals surface area contributed by atoms with E-state index in [1.54, 1.807) is 41.7 Å². The molecular weight excluding hydrogens is 636 g/mol. The molecule has 0 unspecified atom stereocenters. The highest BCUT2D eigenvalue weighted by Crippen LogP contribution is 2.38. The second-order valence-electron chi connectivity index (χ2n) is 10.3. The van der Waals surface area contributed by atoms with E-state index in [9.17, 15) is 26.7 Å². The smallest absolute Gasteiger partial charge is 0.471 e. The Bertz CT molecular complexity index is 1620. The number of nitrogens with zero attached hydrogens (tertiary/aromatic N) is 2. The minimum absolute atomic E-state index is 0.0437. The third kappa shape index (κ3) is 8.02. The summed E-state index contributed by atoms with van der Waals surface area (Å²) in [6, 6.07) is 12.2. The minimum atomic E-state index is -5.23. The van der Waals surface area contributed by atoms with Gasteiger partial charge >= 0.3 is 12.1 Å². The Labute approximate surface area is 266 Å². The number of ether oxygens (including phenoxy) is 5. The number of methoxy groups -OCH3 is 4. The van der Waals surface area contributed by atoms with Crippen molar-refractivity contribution in [2.24, 2.45) is 4.99 Å². The molecule has 47 heavy (non-hydrogen) atoms. The van der Waals surface area contributed by atoms with Crippen molar-refractivity contribution in [1.82, 2.24) is 4.90 Å². The van der Waals surface area contributed by atoms with Gasteiger partial charge in [-0.25, -0.2) is 18.2 Å². The monoisotopic (exact) mass is 667 g/mol. The van der Waals surface area contributed by atoms with Crippen molar-refractivity contribution in [2.75, 3.05) is 33.8 Å². The Kier molecular flexibility index (Phi) is 10.5. The van der Waals surface area contributed by atoms with E-state index in [1.165, 1.54) is 40.3 Å². The summed E-state index contributed by atoms with van der Waals surface area (Å²) in [4.78, 5) is 17.6. The number of aliphatic imine (C=N–C) groups is 1. The predicted molar refractivity (Wildman–Crippen MR) is 159 cm³/mol. The quantitative estimate of drug-likeness (QED) is 0.225. The van der Waals surface area contributed by atoms with Gasteiger partial charge in [0.1, 0.15) is 34.4 Å². The second kappa shape index (κ2) is 14.1. The number of nitrogens with one attached hydrogen (secondary N) is 1. The van der Waals surface area contributed by atoms with Gasteiger partial charge in [0.25, 0.3) is 12.4 Å². The number of allylic oxidation sites excluding steroid dienone is 1. The molecule has 9 nitrogen and oxygen atoms in total. The molecule has 0 spiro atoms. The number of amides is 1. The zero-order valence-corrected chi connectivity index (χ0v) is 25.9. The lowest BCUT2D eigenvalue weighted by Crippen LogP contribution is -2.38. The van der Waals surface area contributed by atoms with E-state index in [2.05, 4.69) is 4.99 Å². The summed E-state index contributed by atoms with van der Waals surface area (Å²) in [5, 5.41) is 1.65. The summed E-state index contributed by atoms with van der Waals surface area (Å²) in [7, 11) is 5.82. The Morgan fingerprint density at radius 3 is 1.91 bits per heavy atom. The van der Waals surface area contributed by atoms with E-state index in [0.29, 0.717) is 34.1 Å². The SMILES string of the molecule is COc1ccc(CN(Cc2ccc(OC)cc2OC)C2=N[C@](C)(c3cc(NC(=O)C(F)(F)F)ccc3F)C=C(C(F)F)O2)c(OC)c1. The summed E-state index contributed by atoms with van der Waals surface area (Å²) < 4.78 is 110. The van der Waals surface area contributed by atoms with Crippen LogP contribution in [0.5, 0.6) is 23.0 Å². The van der Waals surface area contributed by atoms with Crippen LogP contribution < -0.4 is 24.3 Å². The highest BCUT2D eigenvalue weighted by atomic mass is 19.4. The third-order valence-corrected chi connectivity index (χ3v) is 7.18. The molecule has 0 bridgehead atoms. The number of benzene rings is 3. The minimum Gasteiger partial charge on any atom is -0.497 e. The first-order chi connectivity index (χ1) is 22.2. The highest BCUT2D eigenvalue weighted by Gasteiger charge is 2.40. The molecule has 4 rings (SSSR count). The van der Waals surface area contributed by atoms with Gasteiger partial charge in [0.05, 0.1) is 41.5 Å². The largest absolute Gasteiger partial charge is 0.497 e. The molecule has 0 saturated heterocycles. The molecule has 1 amide bonds. The van der Waals surface area contributed by atoms with Gasteiger partial charge in [0.15, 0.2) is 5.76 Å². The normalized spacial score (nSPS) is 16.1. The van der Waals surface area contributed by atoms with E-state index in [-0.39, 0.29) is 19.1 Å². The lowest BCUT2D eigenvalue weighted by Gasteiger charge is -2.34. The fourth-order valence-corrected chi connectivity index (χ4v) is 4.81. The molecule has 252 valence electrons. The zero-order chi connectivity index (χ0) is 34.5. The van der Waals surface area contributed by atoms with Crippen LogP contribution in [0.2, 0.25) is 0 Å². The van der Waals surface area contributed by atoms with E-state index in [4.69, 9.17) is 23.7 Å². The molecule has 0 aliphatic carbocycles. The topological polar surface area (TPSA) is 90.9 Å². The van der Waals surface area contributed by atoms with Crippen molar-refractivity contribution in [3.8, 4) is 23.0 Å². The molecule has 1 aliphatic heterocycles. The van der Waals surface area contributed by atoms with Crippen LogP contribution in [-0.4, -0.2) is 57.9 Å². The van der Waals surface area contributed by atoms with Crippen LogP contribution in [0.25, 0.3) is 0 Å². The first-order valence-electron chi connectivity index (χ1n) is 13.8. The average Bonchev–Trinajstić information content (AvgIpc) is 3.04. The van der Waals surface area contributed by atoms with Gasteiger partial charge in [-0.3, -0.25) is 4.79 Å². The van der Waals surface area contributed by atoms with Gasteiger partial charge in [0.2, 0.25) is 0 Å². The molecular formula is C32H31F6N3O6. The maximum atomic E-state index is 15.3. The molecule has 0 aromatic heterocycles. The summed E-state index contributed by atoms with van der Waals surface area (Å²) in [5.74, 6) is -2.40. The van der Waals surface area contributed by atoms with Crippen molar-refractivity contribution in [3.63, 3.8) is 0 Å². The van der Waals surface area contributed by atoms with Crippen molar-refractivity contribution in [2.45, 2.75) is 38.2 Å². The Morgan fingerprint density at radius 1 is 0.894 bits per heavy atom. The van der Waals surface area contributed by atoms with Crippen LogP contribution >= 0.6 is 0 Å². The predicted octanol–water partition coefficient (Wildman–Crippen LogP) is 6.81. The van der Waals surface area contributed by atoms with Crippen LogP contribution in [0.4, 0.5) is 32.0 Å². The maximum Gasteiger partial charge on any atom is 0.471 e. The van der Waals surface area contributed by atoms with Gasteiger partial charge in [-0.2, -0.15) is 13.2 Å². The fraction of sp³-hybridized carbons (Fsp3) is 0.312. The summed E-state index contributed by atoms with van der Waals surface area (Å²) in [5.41, 5.74) is -1.65. The first-order valence-corrected chi connectivity index (χ1v) is 13.8. The molecule has 0 fully saturated rings. The first kappa shape index (κ1) is 34.8. The molecule has 1 N–H and O–H groups in total. The fourth-order valence-electron chi connectivity index (χ4n) is 4.81. The van der Waals surface area contributed by atoms with E-state index >= 15 is 4.39 Å². The molecule has 1 aliphatic rings. The molecule has 0 saturated carbocycles. The molecule has 0 radical (unpaired) electrons. The van der Waals surface area contributed by atoms with Crippen LogP contribution in [-0.2, 0) is 28.2 Å². The Morgan fingerprint density at radius 2 is 1.45 bits per heavy atom. The zero-order valence-electron chi connectivity index (χ0n) is 25.9. The van der Waals surface area contributed by atoms with Crippen molar-refractivity contribution < 1.29 is 54.8 Å². The summed E-state index contributed by atoms with van der Waals surface area (Å²) >= 11 is 0. The highest BCUT2D eigenvalue weighted by molar-refractivity contribution is 5.95. The number of rotatable bonds is 11. The number of halogens is 6. The number of anilines is 1. The Hall–Kier alpha value is -5.08. The van der Waals surface area contributed by atoms with Gasteiger partial charge in [0, 0.05) is 34.5 Å². The molecule has 15 heteroatoms. The van der Waals surface area contributed by atoms with Crippen LogP contribution in [0, 0.1) is 5.82 Å². The van der Waals surface area contributed by atoms with E-state index in [0.717, 1.165) is 24.3 Å². The molecule has 3 aromatic rings. The average molecular weight is 668 g/mol. The third-order valence-electron chi connectivity index (χ3n) is 7.18. The van der Waals surface area contributed by atoms with Crippen LogP contribution in [0.1, 0.15) is 23.6 Å². The van der Waals surface area contributed by atoms with Crippen molar-refractivity contribution in [3.05, 3.63) is 88.9 Å². The number of hydrogen-bond donors (Lipinski definition) is 1. The van der Waals surface area contributed by atoms with E-state index in [1.807, 2.05) is 0 Å². The van der Waals surface area contributed by atoms with Gasteiger partial charge in [-0.15, -0.1) is 0 Å². The van der Waals surface area contributed by atoms with Crippen molar-refractivity contribution in [1.29, 1.82) is 0 Å². The summed E-state index contributed by atoms with van der Waals surface area (Å²) in [6.07, 6.45) is -7.55. The number of carbonyl (C=O) groups is 1. The lowest BCUT2D eigenvalue weighted by molar-refractivity contribution is -0.167. The Balaban J connectivity index is 1.86. The van der Waals surface area contributed by atoms with Crippen molar-refractivity contribution >= 4 is 17.6 Å². The van der Waals surface area contributed by atoms with Gasteiger partial charge in [-0.05, 0) is 55.5 Å². The van der Waals surface area contributed by atoms with Crippen LogP contribution in [0.15, 0.2) is 71.4 Å².